The van der Waals surface area contributed by atoms with Crippen molar-refractivity contribution >= 4 is 0 Å². The minimum absolute atomic E-state index is 0.531. The Bertz CT molecular complexity index is 1340. The number of nitrogens with one attached hydrogen (secondary N) is 1. The molecule has 0 fully saturated rings. The molecule has 0 aliphatic heterocycles. The largest absolute Gasteiger partial charge is 0.255 e. The second kappa shape index (κ2) is 10.8. The van der Waals surface area contributed by atoms with Crippen molar-refractivity contribution in [1.29, 1.82) is 0 Å². The molecular weight excluding hydrogens is 436 g/mol. The van der Waals surface area contributed by atoms with E-state index in [4.69, 9.17) is 10.1 Å². The lowest BCUT2D eigenvalue weighted by atomic mass is 10.0. The average molecular weight is 465 g/mol. The fourth-order valence-corrected chi connectivity index (χ4v) is 4.16. The van der Waals surface area contributed by atoms with E-state index >= 15 is 0 Å². The van der Waals surface area contributed by atoms with Crippen LogP contribution in [0.4, 0.5) is 0 Å². The van der Waals surface area contributed by atoms with Crippen molar-refractivity contribution < 1.29 is 0 Å². The Labute approximate surface area is 204 Å². The first kappa shape index (κ1) is 22.6. The van der Waals surface area contributed by atoms with Gasteiger partial charge in [0.2, 0.25) is 5.82 Å². The second-order valence-corrected chi connectivity index (χ2v) is 8.55. The highest BCUT2D eigenvalue weighted by Crippen LogP contribution is 2.28. The van der Waals surface area contributed by atoms with Gasteiger partial charge in [-0.3, -0.25) is 4.98 Å². The maximum absolute atomic E-state index is 4.92. The molecule has 0 spiro atoms. The number of rotatable bonds is 10. The smallest absolute Gasteiger partial charge is 0.206 e. The van der Waals surface area contributed by atoms with Gasteiger partial charge in [0.1, 0.15) is 5.82 Å². The van der Waals surface area contributed by atoms with Gasteiger partial charge < -0.3 is 0 Å². The van der Waals surface area contributed by atoms with Crippen molar-refractivity contribution in [2.75, 3.05) is 0 Å². The first-order valence-electron chi connectivity index (χ1n) is 12.0. The van der Waals surface area contributed by atoms with Crippen molar-refractivity contribution in [3.8, 4) is 22.6 Å². The number of aromatic nitrogens is 8. The van der Waals surface area contributed by atoms with Crippen LogP contribution in [0.5, 0.6) is 0 Å². The molecule has 8 nitrogen and oxygen atoms in total. The fourth-order valence-electron chi connectivity index (χ4n) is 4.16. The number of nitrogens with zero attached hydrogens (tertiary/aromatic N) is 7. The standard InChI is InChI=1S/C27H28N8/c1-2-3-7-17-35-25(29-24(32-35)18-20-9-5-4-6-10-20)19-21-12-14-22(15-13-21)26-23(11-8-16-28-26)27-30-33-34-31-27/h4-6,8-16H,2-3,7,17-19H2,1H3,(H,30,31,33,34). The average Bonchev–Trinajstić information content (AvgIpc) is 3.56. The predicted octanol–water partition coefficient (Wildman–Crippen LogP) is 4.89. The summed E-state index contributed by atoms with van der Waals surface area (Å²) in [4.78, 5) is 9.49. The van der Waals surface area contributed by atoms with Gasteiger partial charge in [0.15, 0.2) is 5.82 Å². The molecule has 0 bridgehead atoms. The minimum atomic E-state index is 0.531. The van der Waals surface area contributed by atoms with Crippen LogP contribution in [0.2, 0.25) is 0 Å². The Morgan fingerprint density at radius 1 is 0.857 bits per heavy atom. The van der Waals surface area contributed by atoms with Crippen LogP contribution in [0.3, 0.4) is 0 Å². The molecule has 5 rings (SSSR count). The topological polar surface area (TPSA) is 98.1 Å². The van der Waals surface area contributed by atoms with Gasteiger partial charge in [0, 0.05) is 36.7 Å². The van der Waals surface area contributed by atoms with Gasteiger partial charge in [-0.05, 0) is 34.9 Å². The summed E-state index contributed by atoms with van der Waals surface area (Å²) in [6.07, 6.45) is 6.73. The highest BCUT2D eigenvalue weighted by molar-refractivity contribution is 5.76. The van der Waals surface area contributed by atoms with Gasteiger partial charge in [-0.1, -0.05) is 74.4 Å². The number of pyridine rings is 1. The first-order valence-corrected chi connectivity index (χ1v) is 12.0. The molecule has 0 amide bonds. The summed E-state index contributed by atoms with van der Waals surface area (Å²) in [6.45, 7) is 3.11. The Morgan fingerprint density at radius 3 is 2.46 bits per heavy atom. The van der Waals surface area contributed by atoms with Crippen LogP contribution < -0.4 is 0 Å². The minimum Gasteiger partial charge on any atom is -0.255 e. The summed E-state index contributed by atoms with van der Waals surface area (Å²) in [6, 6.07) is 22.7. The van der Waals surface area contributed by atoms with Crippen LogP contribution in [0.15, 0.2) is 72.9 Å². The van der Waals surface area contributed by atoms with Gasteiger partial charge in [-0.25, -0.2) is 9.67 Å². The lowest BCUT2D eigenvalue weighted by Crippen LogP contribution is -2.07. The van der Waals surface area contributed by atoms with E-state index in [-0.39, 0.29) is 0 Å². The molecule has 0 atom stereocenters. The van der Waals surface area contributed by atoms with Crippen molar-refractivity contribution in [3.63, 3.8) is 0 Å². The molecular formula is C27H28N8. The van der Waals surface area contributed by atoms with Crippen molar-refractivity contribution in [2.24, 2.45) is 0 Å². The van der Waals surface area contributed by atoms with Gasteiger partial charge >= 0.3 is 0 Å². The van der Waals surface area contributed by atoms with Crippen molar-refractivity contribution in [3.05, 3.63) is 95.7 Å². The molecule has 35 heavy (non-hydrogen) atoms. The molecule has 0 radical (unpaired) electrons. The quantitative estimate of drug-likeness (QED) is 0.296. The lowest BCUT2D eigenvalue weighted by Gasteiger charge is -2.08. The number of aromatic amines is 1. The summed E-state index contributed by atoms with van der Waals surface area (Å²) >= 11 is 0. The number of hydrogen-bond donors (Lipinski definition) is 1. The summed E-state index contributed by atoms with van der Waals surface area (Å²) in [7, 11) is 0. The summed E-state index contributed by atoms with van der Waals surface area (Å²) in [5, 5.41) is 19.3. The van der Waals surface area contributed by atoms with E-state index in [0.717, 1.165) is 54.3 Å². The number of aryl methyl sites for hydroxylation is 1. The van der Waals surface area contributed by atoms with E-state index in [9.17, 15) is 0 Å². The van der Waals surface area contributed by atoms with Crippen LogP contribution in [0.1, 0.15) is 49.0 Å². The van der Waals surface area contributed by atoms with E-state index in [0.29, 0.717) is 5.82 Å². The first-order chi connectivity index (χ1) is 17.3. The zero-order valence-electron chi connectivity index (χ0n) is 19.8. The van der Waals surface area contributed by atoms with Gasteiger partial charge in [0.05, 0.1) is 5.69 Å². The highest BCUT2D eigenvalue weighted by Gasteiger charge is 2.14. The zero-order chi connectivity index (χ0) is 23.9. The number of tetrazole rings is 1. The number of unbranched alkanes of at least 4 members (excludes halogenated alkanes) is 2. The Kier molecular flexibility index (Phi) is 6.98. The lowest BCUT2D eigenvalue weighted by molar-refractivity contribution is 0.532. The molecule has 2 aromatic carbocycles. The second-order valence-electron chi connectivity index (χ2n) is 8.55. The van der Waals surface area contributed by atoms with E-state index in [2.05, 4.69) is 85.7 Å². The Morgan fingerprint density at radius 2 is 1.69 bits per heavy atom. The van der Waals surface area contributed by atoms with Crippen LogP contribution in [-0.4, -0.2) is 40.4 Å². The molecule has 8 heteroatoms. The van der Waals surface area contributed by atoms with Crippen LogP contribution in [-0.2, 0) is 19.4 Å². The van der Waals surface area contributed by atoms with Crippen molar-refractivity contribution in [1.82, 2.24) is 40.4 Å². The van der Waals surface area contributed by atoms with E-state index in [1.54, 1.807) is 6.20 Å². The van der Waals surface area contributed by atoms with Gasteiger partial charge in [-0.2, -0.15) is 10.3 Å². The Hall–Kier alpha value is -4.20. The number of benzene rings is 2. The van der Waals surface area contributed by atoms with Gasteiger partial charge in [0.25, 0.3) is 0 Å². The molecule has 0 unspecified atom stereocenters. The van der Waals surface area contributed by atoms with E-state index < -0.39 is 0 Å². The fraction of sp³-hybridized carbons (Fsp3) is 0.259. The van der Waals surface area contributed by atoms with Crippen LogP contribution in [0, 0.1) is 0 Å². The molecule has 0 aliphatic carbocycles. The molecule has 0 aliphatic rings. The highest BCUT2D eigenvalue weighted by atomic mass is 15.5. The van der Waals surface area contributed by atoms with Crippen molar-refractivity contribution in [2.45, 2.75) is 45.6 Å². The third-order valence-corrected chi connectivity index (χ3v) is 5.95. The molecule has 1 N–H and O–H groups in total. The summed E-state index contributed by atoms with van der Waals surface area (Å²) in [5.41, 5.74) is 5.08. The third-order valence-electron chi connectivity index (χ3n) is 5.95. The monoisotopic (exact) mass is 464 g/mol. The maximum Gasteiger partial charge on any atom is 0.206 e. The molecule has 3 aromatic heterocycles. The molecule has 3 heterocycles. The number of hydrogen-bond acceptors (Lipinski definition) is 6. The SMILES string of the molecule is CCCCCn1nc(Cc2ccccc2)nc1Cc1ccc(-c2ncccc2-c2nn[nH]n2)cc1. The summed E-state index contributed by atoms with van der Waals surface area (Å²) in [5.74, 6) is 2.41. The summed E-state index contributed by atoms with van der Waals surface area (Å²) < 4.78 is 2.09. The van der Waals surface area contributed by atoms with E-state index in [1.165, 1.54) is 24.0 Å². The predicted molar refractivity (Wildman–Crippen MR) is 134 cm³/mol. The normalized spacial score (nSPS) is 11.1. The third kappa shape index (κ3) is 5.48. The van der Waals surface area contributed by atoms with Gasteiger partial charge in [-0.15, -0.1) is 10.2 Å². The maximum atomic E-state index is 4.92. The van der Waals surface area contributed by atoms with Crippen LogP contribution in [0.25, 0.3) is 22.6 Å². The van der Waals surface area contributed by atoms with E-state index in [1.807, 2.05) is 18.2 Å². The Balaban J connectivity index is 1.37. The molecule has 0 saturated heterocycles. The zero-order valence-corrected chi connectivity index (χ0v) is 19.8. The number of H-pyrrole nitrogens is 1. The molecule has 176 valence electrons. The van der Waals surface area contributed by atoms with Crippen LogP contribution >= 0.6 is 0 Å². The molecule has 5 aromatic rings. The molecule has 0 saturated carbocycles.